The third kappa shape index (κ3) is 2.78. The van der Waals surface area contributed by atoms with Gasteiger partial charge in [0, 0.05) is 10.7 Å². The fourth-order valence-electron chi connectivity index (χ4n) is 0.680. The van der Waals surface area contributed by atoms with Crippen LogP contribution in [0.25, 0.3) is 0 Å². The molecule has 1 aromatic rings. The van der Waals surface area contributed by atoms with E-state index in [0.717, 1.165) is 0 Å². The Labute approximate surface area is 74.1 Å². The molecular weight excluding hydrogens is 185 g/mol. The molecule has 1 aromatic carbocycles. The average molecular weight is 190 g/mol. The van der Waals surface area contributed by atoms with Gasteiger partial charge in [-0.05, 0) is 29.8 Å². The van der Waals surface area contributed by atoms with Gasteiger partial charge in [0.1, 0.15) is 0 Å². The van der Waals surface area contributed by atoms with Crippen molar-refractivity contribution in [1.29, 1.82) is 0 Å². The first-order valence-electron chi connectivity index (χ1n) is 2.90. The van der Waals surface area contributed by atoms with Crippen LogP contribution < -0.4 is 5.32 Å². The molecule has 1 N–H and O–H groups in total. The summed E-state index contributed by atoms with van der Waals surface area (Å²) >= 11 is 10.7. The minimum atomic E-state index is -0.618. The molecule has 0 saturated carbocycles. The Hall–Kier alpha value is -0.730. The maximum atomic E-state index is 10.3. The van der Waals surface area contributed by atoms with Crippen molar-refractivity contribution < 1.29 is 4.79 Å². The lowest BCUT2D eigenvalue weighted by atomic mass is 10.3. The van der Waals surface area contributed by atoms with Crippen molar-refractivity contribution in [2.45, 2.75) is 0 Å². The van der Waals surface area contributed by atoms with Crippen LogP contribution >= 0.6 is 23.2 Å². The zero-order valence-corrected chi connectivity index (χ0v) is 6.99. The monoisotopic (exact) mass is 189 g/mol. The first-order valence-corrected chi connectivity index (χ1v) is 3.66. The van der Waals surface area contributed by atoms with E-state index < -0.39 is 5.37 Å². The van der Waals surface area contributed by atoms with Crippen LogP contribution in [0.1, 0.15) is 0 Å². The number of carbonyl (C=O) groups is 1. The minimum absolute atomic E-state index is 0.563. The number of anilines is 1. The summed E-state index contributed by atoms with van der Waals surface area (Å²) in [5.41, 5.74) is 0.595. The van der Waals surface area contributed by atoms with E-state index in [4.69, 9.17) is 23.2 Å². The number of hydrogen-bond donors (Lipinski definition) is 1. The molecule has 0 bridgehead atoms. The molecule has 1 rings (SSSR count). The largest absolute Gasteiger partial charge is 0.318 e. The highest BCUT2D eigenvalue weighted by Gasteiger charge is 1.95. The quantitative estimate of drug-likeness (QED) is 0.534. The zero-order valence-electron chi connectivity index (χ0n) is 5.47. The average Bonchev–Trinajstić information content (AvgIpc) is 1.85. The standard InChI is InChI=1S/C7H5Cl2NO/c8-5-2-1-3-6(4-5)10-7(9)11/h1-4H,(H,10,11). The Bertz CT molecular complexity index is 275. The lowest BCUT2D eigenvalue weighted by molar-refractivity contribution is 0.269. The molecule has 4 heteroatoms. The maximum Gasteiger partial charge on any atom is 0.318 e. The summed E-state index contributed by atoms with van der Waals surface area (Å²) in [6.45, 7) is 0. The molecule has 0 atom stereocenters. The third-order valence-electron chi connectivity index (χ3n) is 1.07. The van der Waals surface area contributed by atoms with Crippen LogP contribution in [-0.4, -0.2) is 5.37 Å². The van der Waals surface area contributed by atoms with Gasteiger partial charge in [-0.2, -0.15) is 0 Å². The molecule has 0 spiro atoms. The summed E-state index contributed by atoms with van der Waals surface area (Å²) in [4.78, 5) is 10.3. The molecule has 0 saturated heterocycles. The lowest BCUT2D eigenvalue weighted by Crippen LogP contribution is -1.99. The van der Waals surface area contributed by atoms with Crippen LogP contribution in [0.4, 0.5) is 10.5 Å². The van der Waals surface area contributed by atoms with E-state index >= 15 is 0 Å². The van der Waals surface area contributed by atoms with E-state index in [1.807, 2.05) is 0 Å². The fraction of sp³-hybridized carbons (Fsp3) is 0. The number of nitrogens with one attached hydrogen (secondary N) is 1. The summed E-state index contributed by atoms with van der Waals surface area (Å²) in [5.74, 6) is 0. The van der Waals surface area contributed by atoms with Crippen molar-refractivity contribution in [3.05, 3.63) is 29.3 Å². The number of carbonyl (C=O) groups excluding carboxylic acids is 1. The summed E-state index contributed by atoms with van der Waals surface area (Å²) in [6.07, 6.45) is 0. The minimum Gasteiger partial charge on any atom is -0.312 e. The molecule has 0 radical (unpaired) electrons. The van der Waals surface area contributed by atoms with Gasteiger partial charge in [0.25, 0.3) is 0 Å². The van der Waals surface area contributed by atoms with Gasteiger partial charge >= 0.3 is 5.37 Å². The molecule has 0 aliphatic rings. The van der Waals surface area contributed by atoms with Crippen molar-refractivity contribution in [1.82, 2.24) is 0 Å². The van der Waals surface area contributed by atoms with Crippen molar-refractivity contribution in [3.63, 3.8) is 0 Å². The number of amides is 1. The van der Waals surface area contributed by atoms with Gasteiger partial charge in [0.05, 0.1) is 0 Å². The first-order chi connectivity index (χ1) is 5.18. The third-order valence-corrected chi connectivity index (χ3v) is 1.40. The van der Waals surface area contributed by atoms with E-state index in [1.54, 1.807) is 24.3 Å². The summed E-state index contributed by atoms with van der Waals surface area (Å²) < 4.78 is 0. The van der Waals surface area contributed by atoms with Gasteiger partial charge in [-0.1, -0.05) is 17.7 Å². The number of hydrogen-bond acceptors (Lipinski definition) is 1. The topological polar surface area (TPSA) is 29.1 Å². The Morgan fingerprint density at radius 3 is 2.73 bits per heavy atom. The van der Waals surface area contributed by atoms with Gasteiger partial charge < -0.3 is 5.32 Å². The highest BCUT2D eigenvalue weighted by atomic mass is 35.5. The Balaban J connectivity index is 2.79. The van der Waals surface area contributed by atoms with Crippen LogP contribution in [0.15, 0.2) is 24.3 Å². The van der Waals surface area contributed by atoms with Gasteiger partial charge in [0.2, 0.25) is 0 Å². The van der Waals surface area contributed by atoms with E-state index in [9.17, 15) is 4.79 Å². The molecule has 0 aliphatic heterocycles. The fourth-order valence-corrected chi connectivity index (χ4v) is 0.979. The predicted molar refractivity (Wildman–Crippen MR) is 46.3 cm³/mol. The van der Waals surface area contributed by atoms with Crippen LogP contribution in [0.5, 0.6) is 0 Å². The lowest BCUT2D eigenvalue weighted by Gasteiger charge is -1.98. The molecule has 0 aromatic heterocycles. The molecule has 11 heavy (non-hydrogen) atoms. The second kappa shape index (κ2) is 3.60. The number of halogens is 2. The maximum absolute atomic E-state index is 10.3. The Kier molecular flexibility index (Phi) is 2.74. The van der Waals surface area contributed by atoms with Gasteiger partial charge in [-0.15, -0.1) is 0 Å². The van der Waals surface area contributed by atoms with Gasteiger partial charge in [-0.3, -0.25) is 4.79 Å². The number of benzene rings is 1. The highest BCUT2D eigenvalue weighted by Crippen LogP contribution is 2.14. The van der Waals surface area contributed by atoms with Crippen molar-refractivity contribution in [3.8, 4) is 0 Å². The van der Waals surface area contributed by atoms with Crippen LogP contribution in [0.2, 0.25) is 5.02 Å². The second-order valence-electron chi connectivity index (χ2n) is 1.91. The van der Waals surface area contributed by atoms with Crippen LogP contribution in [0, 0.1) is 0 Å². The SMILES string of the molecule is O=C(Cl)Nc1cccc(Cl)c1. The molecule has 2 nitrogen and oxygen atoms in total. The highest BCUT2D eigenvalue weighted by molar-refractivity contribution is 6.65. The van der Waals surface area contributed by atoms with Crippen LogP contribution in [0.3, 0.4) is 0 Å². The number of rotatable bonds is 1. The van der Waals surface area contributed by atoms with E-state index in [1.165, 1.54) is 0 Å². The van der Waals surface area contributed by atoms with Crippen molar-refractivity contribution >= 4 is 34.3 Å². The van der Waals surface area contributed by atoms with Crippen molar-refractivity contribution in [2.75, 3.05) is 5.32 Å². The van der Waals surface area contributed by atoms with Gasteiger partial charge in [0.15, 0.2) is 0 Å². The van der Waals surface area contributed by atoms with E-state index in [-0.39, 0.29) is 0 Å². The summed E-state index contributed by atoms with van der Waals surface area (Å²) in [5, 5.41) is 2.33. The smallest absolute Gasteiger partial charge is 0.312 e. The molecule has 58 valence electrons. The summed E-state index contributed by atoms with van der Waals surface area (Å²) in [7, 11) is 0. The second-order valence-corrected chi connectivity index (χ2v) is 2.69. The Morgan fingerprint density at radius 2 is 2.18 bits per heavy atom. The molecular formula is C7H5Cl2NO. The molecule has 0 fully saturated rings. The van der Waals surface area contributed by atoms with E-state index in [2.05, 4.69) is 5.32 Å². The Morgan fingerprint density at radius 1 is 1.45 bits per heavy atom. The molecule has 0 heterocycles. The molecule has 1 amide bonds. The van der Waals surface area contributed by atoms with Crippen LogP contribution in [-0.2, 0) is 0 Å². The summed E-state index contributed by atoms with van der Waals surface area (Å²) in [6, 6.07) is 6.75. The normalized spacial score (nSPS) is 9.27. The molecule has 0 unspecified atom stereocenters. The molecule has 0 aliphatic carbocycles. The van der Waals surface area contributed by atoms with E-state index in [0.29, 0.717) is 10.7 Å². The van der Waals surface area contributed by atoms with Gasteiger partial charge in [-0.25, -0.2) is 0 Å². The zero-order chi connectivity index (χ0) is 8.27. The van der Waals surface area contributed by atoms with Crippen molar-refractivity contribution in [2.24, 2.45) is 0 Å². The predicted octanol–water partition coefficient (Wildman–Crippen LogP) is 3.11. The first kappa shape index (κ1) is 8.37.